The van der Waals surface area contributed by atoms with Crippen molar-refractivity contribution in [3.05, 3.63) is 52.4 Å². The maximum absolute atomic E-state index is 12.7. The Kier molecular flexibility index (Phi) is 5.88. The van der Waals surface area contributed by atoms with Crippen LogP contribution in [0.1, 0.15) is 12.5 Å². The molecule has 1 heterocycles. The van der Waals surface area contributed by atoms with E-state index in [2.05, 4.69) is 10.6 Å². The minimum absolute atomic E-state index is 0.268. The van der Waals surface area contributed by atoms with Gasteiger partial charge in [0.1, 0.15) is 12.3 Å². The highest BCUT2D eigenvalue weighted by molar-refractivity contribution is 5.94. The largest absolute Gasteiger partial charge is 0.495 e. The van der Waals surface area contributed by atoms with Crippen LogP contribution in [0.2, 0.25) is 0 Å². The Bertz CT molecular complexity index is 922. The summed E-state index contributed by atoms with van der Waals surface area (Å²) in [6.07, 6.45) is -4.05. The Hall–Kier alpha value is -3.30. The van der Waals surface area contributed by atoms with Gasteiger partial charge < -0.3 is 19.9 Å². The lowest BCUT2D eigenvalue weighted by molar-refractivity contribution is -0.138. The van der Waals surface area contributed by atoms with E-state index in [1.54, 1.807) is 0 Å². The predicted molar refractivity (Wildman–Crippen MR) is 91.6 cm³/mol. The molecule has 2 N–H and O–H groups in total. The van der Waals surface area contributed by atoms with Crippen LogP contribution in [0.4, 0.5) is 24.5 Å². The number of hydrogen-bond acceptors (Lipinski definition) is 4. The van der Waals surface area contributed by atoms with Crippen LogP contribution in [0.3, 0.4) is 0 Å². The zero-order chi connectivity index (χ0) is 20.2. The molecule has 1 aromatic heterocycles. The van der Waals surface area contributed by atoms with Crippen molar-refractivity contribution in [1.29, 1.82) is 0 Å². The Morgan fingerprint density at radius 1 is 1.15 bits per heavy atom. The second-order valence-corrected chi connectivity index (χ2v) is 5.53. The summed E-state index contributed by atoms with van der Waals surface area (Å²) >= 11 is 0. The molecule has 2 rings (SSSR count). The van der Waals surface area contributed by atoms with Crippen molar-refractivity contribution in [2.75, 3.05) is 17.7 Å². The molecule has 0 saturated carbocycles. The van der Waals surface area contributed by atoms with Crippen LogP contribution < -0.4 is 20.9 Å². The van der Waals surface area contributed by atoms with E-state index in [0.29, 0.717) is 28.3 Å². The number of nitrogens with zero attached hydrogens (tertiary/aromatic N) is 1. The lowest BCUT2D eigenvalue weighted by atomic mass is 10.2. The number of alkyl halides is 3. The van der Waals surface area contributed by atoms with Gasteiger partial charge in [-0.1, -0.05) is 0 Å². The molecule has 0 aliphatic heterocycles. The Labute approximate surface area is 151 Å². The van der Waals surface area contributed by atoms with Gasteiger partial charge in [0.15, 0.2) is 0 Å². The monoisotopic (exact) mass is 383 g/mol. The molecule has 10 heteroatoms. The molecule has 0 bridgehead atoms. The van der Waals surface area contributed by atoms with Gasteiger partial charge in [-0.2, -0.15) is 13.2 Å². The number of nitrogens with one attached hydrogen (secondary N) is 2. The molecule has 0 aliphatic carbocycles. The fourth-order valence-electron chi connectivity index (χ4n) is 2.25. The van der Waals surface area contributed by atoms with Crippen molar-refractivity contribution in [3.63, 3.8) is 0 Å². The molecule has 7 nitrogen and oxygen atoms in total. The molecule has 0 unspecified atom stereocenters. The van der Waals surface area contributed by atoms with E-state index in [9.17, 15) is 27.6 Å². The molecule has 1 aromatic carbocycles. The SMILES string of the molecule is COc1ccc(NC(=O)Cn2cc(C(F)(F)F)ccc2=O)cc1NC(C)=O. The second-order valence-electron chi connectivity index (χ2n) is 5.53. The van der Waals surface area contributed by atoms with Gasteiger partial charge in [0.2, 0.25) is 11.8 Å². The number of hydrogen-bond donors (Lipinski definition) is 2. The summed E-state index contributed by atoms with van der Waals surface area (Å²) in [5, 5.41) is 4.98. The average Bonchev–Trinajstić information content (AvgIpc) is 2.55. The quantitative estimate of drug-likeness (QED) is 0.830. The molecular weight excluding hydrogens is 367 g/mol. The number of carbonyl (C=O) groups is 2. The average molecular weight is 383 g/mol. The highest BCUT2D eigenvalue weighted by Gasteiger charge is 2.31. The Balaban J connectivity index is 2.19. The van der Waals surface area contributed by atoms with Crippen LogP contribution in [0.15, 0.2) is 41.3 Å². The first-order chi connectivity index (χ1) is 12.6. The standard InChI is InChI=1S/C17H16F3N3O4/c1-10(24)21-13-7-12(4-5-14(13)27-2)22-15(25)9-23-8-11(17(18,19)20)3-6-16(23)26/h3-8H,9H2,1-2H3,(H,21,24)(H,22,25). The summed E-state index contributed by atoms with van der Waals surface area (Å²) in [7, 11) is 1.40. The smallest absolute Gasteiger partial charge is 0.417 e. The summed E-state index contributed by atoms with van der Waals surface area (Å²) in [5.41, 5.74) is -1.21. The molecule has 0 fully saturated rings. The van der Waals surface area contributed by atoms with Gasteiger partial charge in [-0.15, -0.1) is 0 Å². The number of methoxy groups -OCH3 is 1. The third-order valence-corrected chi connectivity index (χ3v) is 3.42. The van der Waals surface area contributed by atoms with Crippen LogP contribution in [0.5, 0.6) is 5.75 Å². The maximum Gasteiger partial charge on any atom is 0.417 e. The number of benzene rings is 1. The van der Waals surface area contributed by atoms with Crippen LogP contribution in [0, 0.1) is 0 Å². The van der Waals surface area contributed by atoms with E-state index in [0.717, 1.165) is 6.07 Å². The zero-order valence-corrected chi connectivity index (χ0v) is 14.4. The van der Waals surface area contributed by atoms with E-state index in [4.69, 9.17) is 4.74 Å². The van der Waals surface area contributed by atoms with Gasteiger partial charge in [0.05, 0.1) is 18.4 Å². The van der Waals surface area contributed by atoms with Crippen molar-refractivity contribution in [3.8, 4) is 5.75 Å². The number of anilines is 2. The first-order valence-electron chi connectivity index (χ1n) is 7.63. The molecule has 0 radical (unpaired) electrons. The van der Waals surface area contributed by atoms with Crippen LogP contribution >= 0.6 is 0 Å². The number of amides is 2. The summed E-state index contributed by atoms with van der Waals surface area (Å²) < 4.78 is 44.0. The summed E-state index contributed by atoms with van der Waals surface area (Å²) in [6.45, 7) is 0.689. The molecule has 27 heavy (non-hydrogen) atoms. The Morgan fingerprint density at radius 3 is 2.44 bits per heavy atom. The lowest BCUT2D eigenvalue weighted by Crippen LogP contribution is -2.28. The van der Waals surface area contributed by atoms with E-state index >= 15 is 0 Å². The molecule has 2 amide bonds. The summed E-state index contributed by atoms with van der Waals surface area (Å²) in [6, 6.07) is 5.81. The van der Waals surface area contributed by atoms with Gasteiger partial charge in [0.25, 0.3) is 5.56 Å². The minimum atomic E-state index is -4.63. The fraction of sp³-hybridized carbons (Fsp3) is 0.235. The van der Waals surface area contributed by atoms with Gasteiger partial charge in [-0.05, 0) is 24.3 Å². The number of halogens is 3. The molecule has 0 aliphatic rings. The number of pyridine rings is 1. The van der Waals surface area contributed by atoms with Gasteiger partial charge >= 0.3 is 6.18 Å². The van der Waals surface area contributed by atoms with Crippen molar-refractivity contribution >= 4 is 23.2 Å². The van der Waals surface area contributed by atoms with Crippen molar-refractivity contribution in [1.82, 2.24) is 4.57 Å². The third kappa shape index (κ3) is 5.33. The van der Waals surface area contributed by atoms with Crippen molar-refractivity contribution in [2.24, 2.45) is 0 Å². The van der Waals surface area contributed by atoms with Crippen molar-refractivity contribution < 1.29 is 27.5 Å². The van der Waals surface area contributed by atoms with Crippen LogP contribution in [-0.4, -0.2) is 23.5 Å². The van der Waals surface area contributed by atoms with Crippen molar-refractivity contribution in [2.45, 2.75) is 19.6 Å². The van der Waals surface area contributed by atoms with E-state index in [1.165, 1.54) is 32.2 Å². The summed E-state index contributed by atoms with van der Waals surface area (Å²) in [4.78, 5) is 35.0. The molecule has 0 saturated heterocycles. The summed E-state index contributed by atoms with van der Waals surface area (Å²) in [5.74, 6) is -0.708. The fourth-order valence-corrected chi connectivity index (χ4v) is 2.25. The molecule has 0 spiro atoms. The predicted octanol–water partition coefficient (Wildman–Crippen LogP) is 2.47. The number of rotatable bonds is 5. The highest BCUT2D eigenvalue weighted by atomic mass is 19.4. The van der Waals surface area contributed by atoms with E-state index in [-0.39, 0.29) is 11.6 Å². The molecular formula is C17H16F3N3O4. The third-order valence-electron chi connectivity index (χ3n) is 3.42. The van der Waals surface area contributed by atoms with E-state index in [1.807, 2.05) is 0 Å². The highest BCUT2D eigenvalue weighted by Crippen LogP contribution is 2.29. The number of ether oxygens (including phenoxy) is 1. The molecule has 0 atom stereocenters. The van der Waals surface area contributed by atoms with Crippen LogP contribution in [-0.2, 0) is 22.3 Å². The van der Waals surface area contributed by atoms with Gasteiger partial charge in [-0.25, -0.2) is 0 Å². The number of aromatic nitrogens is 1. The first-order valence-corrected chi connectivity index (χ1v) is 7.63. The maximum atomic E-state index is 12.7. The number of carbonyl (C=O) groups excluding carboxylic acids is 2. The minimum Gasteiger partial charge on any atom is -0.495 e. The molecule has 2 aromatic rings. The Morgan fingerprint density at radius 2 is 1.85 bits per heavy atom. The molecule has 144 valence electrons. The first kappa shape index (κ1) is 20.0. The normalized spacial score (nSPS) is 11.0. The zero-order valence-electron chi connectivity index (χ0n) is 14.4. The van der Waals surface area contributed by atoms with Gasteiger partial charge in [-0.3, -0.25) is 14.4 Å². The second kappa shape index (κ2) is 7.94. The van der Waals surface area contributed by atoms with Gasteiger partial charge in [0, 0.05) is 24.9 Å². The van der Waals surface area contributed by atoms with Crippen LogP contribution in [0.25, 0.3) is 0 Å². The lowest BCUT2D eigenvalue weighted by Gasteiger charge is -2.13. The van der Waals surface area contributed by atoms with E-state index < -0.39 is 29.8 Å². The topological polar surface area (TPSA) is 89.4 Å².